The van der Waals surface area contributed by atoms with Gasteiger partial charge >= 0.3 is 5.97 Å². The van der Waals surface area contributed by atoms with Gasteiger partial charge in [-0.25, -0.2) is 4.79 Å². The maximum atomic E-state index is 13.2. The maximum Gasteiger partial charge on any atom is 0.346 e. The number of carbonyl (C=O) groups is 2. The van der Waals surface area contributed by atoms with Gasteiger partial charge in [0.1, 0.15) is 5.75 Å². The van der Waals surface area contributed by atoms with E-state index in [1.807, 2.05) is 43.3 Å². The van der Waals surface area contributed by atoms with Crippen LogP contribution in [0.15, 0.2) is 60.7 Å². The van der Waals surface area contributed by atoms with Crippen LogP contribution >= 0.6 is 11.6 Å². The SMILES string of the molecule is COC(=O)C(C)Oc1cccc(Cn2c(C)c(C)c3cc(C(=O)NC(C)c4cccc(C(C)C)c4)ccc32)c1Cl. The van der Waals surface area contributed by atoms with Crippen LogP contribution in [0.2, 0.25) is 5.02 Å². The van der Waals surface area contributed by atoms with Crippen molar-refractivity contribution in [3.8, 4) is 5.75 Å². The zero-order valence-corrected chi connectivity index (χ0v) is 24.9. The van der Waals surface area contributed by atoms with Gasteiger partial charge in [0.2, 0.25) is 0 Å². The molecule has 7 heteroatoms. The van der Waals surface area contributed by atoms with Crippen LogP contribution in [-0.4, -0.2) is 29.7 Å². The number of methoxy groups -OCH3 is 1. The van der Waals surface area contributed by atoms with E-state index in [1.54, 1.807) is 13.0 Å². The molecule has 1 heterocycles. The fourth-order valence-electron chi connectivity index (χ4n) is 4.89. The molecule has 3 aromatic carbocycles. The lowest BCUT2D eigenvalue weighted by Crippen LogP contribution is -2.26. The molecule has 0 spiro atoms. The average molecular weight is 561 g/mol. The van der Waals surface area contributed by atoms with Gasteiger partial charge in [-0.3, -0.25) is 4.79 Å². The summed E-state index contributed by atoms with van der Waals surface area (Å²) in [6.45, 7) is 12.6. The Hall–Kier alpha value is -3.77. The number of hydrogen-bond donors (Lipinski definition) is 1. The van der Waals surface area contributed by atoms with Crippen molar-refractivity contribution < 1.29 is 19.1 Å². The van der Waals surface area contributed by atoms with Gasteiger partial charge in [-0.15, -0.1) is 0 Å². The Bertz CT molecular complexity index is 1560. The number of fused-ring (bicyclic) bond motifs is 1. The van der Waals surface area contributed by atoms with Crippen LogP contribution in [-0.2, 0) is 16.1 Å². The zero-order valence-electron chi connectivity index (χ0n) is 24.2. The first-order valence-corrected chi connectivity index (χ1v) is 13.9. The molecule has 6 nitrogen and oxygen atoms in total. The van der Waals surface area contributed by atoms with E-state index in [4.69, 9.17) is 21.1 Å². The number of rotatable bonds is 9. The van der Waals surface area contributed by atoms with E-state index in [0.717, 1.165) is 33.3 Å². The number of aryl methyl sites for hydroxylation is 1. The Balaban J connectivity index is 1.58. The molecule has 0 aliphatic carbocycles. The normalized spacial score (nSPS) is 12.8. The number of hydrogen-bond acceptors (Lipinski definition) is 4. The standard InChI is InChI=1S/C33H37ClN2O4/c1-19(2)24-10-8-11-25(16-24)21(4)35-32(37)26-14-15-29-28(17-26)20(3)22(5)36(29)18-27-12-9-13-30(31(27)34)40-23(6)33(38)39-7/h8-17,19,21,23H,18H2,1-7H3,(H,35,37). The van der Waals surface area contributed by atoms with Crippen LogP contribution in [0, 0.1) is 13.8 Å². The summed E-state index contributed by atoms with van der Waals surface area (Å²) in [5.74, 6) is 0.271. The van der Waals surface area contributed by atoms with Crippen molar-refractivity contribution in [3.63, 3.8) is 0 Å². The van der Waals surface area contributed by atoms with Crippen molar-refractivity contribution in [1.29, 1.82) is 0 Å². The monoisotopic (exact) mass is 560 g/mol. The van der Waals surface area contributed by atoms with E-state index >= 15 is 0 Å². The third-order valence-electron chi connectivity index (χ3n) is 7.53. The summed E-state index contributed by atoms with van der Waals surface area (Å²) in [5, 5.41) is 4.62. The largest absolute Gasteiger partial charge is 0.477 e. The van der Waals surface area contributed by atoms with Crippen LogP contribution < -0.4 is 10.1 Å². The smallest absolute Gasteiger partial charge is 0.346 e. The van der Waals surface area contributed by atoms with Gasteiger partial charge < -0.3 is 19.4 Å². The molecule has 0 aliphatic heterocycles. The summed E-state index contributed by atoms with van der Waals surface area (Å²) in [7, 11) is 1.32. The Morgan fingerprint density at radius 3 is 2.35 bits per heavy atom. The van der Waals surface area contributed by atoms with Crippen LogP contribution in [0.25, 0.3) is 10.9 Å². The van der Waals surface area contributed by atoms with Gasteiger partial charge in [0.05, 0.1) is 18.2 Å². The second-order valence-corrected chi connectivity index (χ2v) is 10.9. The lowest BCUT2D eigenvalue weighted by molar-refractivity contribution is -0.147. The topological polar surface area (TPSA) is 69.6 Å². The number of nitrogens with one attached hydrogen (secondary N) is 1. The predicted octanol–water partition coefficient (Wildman–Crippen LogP) is 7.51. The number of esters is 1. The first-order valence-electron chi connectivity index (χ1n) is 13.5. The van der Waals surface area contributed by atoms with E-state index in [1.165, 1.54) is 12.7 Å². The van der Waals surface area contributed by atoms with E-state index in [2.05, 4.69) is 55.8 Å². The van der Waals surface area contributed by atoms with Gasteiger partial charge in [0.15, 0.2) is 6.10 Å². The summed E-state index contributed by atoms with van der Waals surface area (Å²) in [4.78, 5) is 25.1. The fourth-order valence-corrected chi connectivity index (χ4v) is 5.12. The molecule has 2 atom stereocenters. The van der Waals surface area contributed by atoms with Crippen LogP contribution in [0.5, 0.6) is 5.75 Å². The second kappa shape index (κ2) is 12.2. The van der Waals surface area contributed by atoms with E-state index in [-0.39, 0.29) is 11.9 Å². The molecule has 210 valence electrons. The quantitative estimate of drug-likeness (QED) is 0.215. The average Bonchev–Trinajstić information content (AvgIpc) is 3.18. The summed E-state index contributed by atoms with van der Waals surface area (Å²) < 4.78 is 12.7. The minimum atomic E-state index is -0.777. The minimum Gasteiger partial charge on any atom is -0.477 e. The number of amides is 1. The third kappa shape index (κ3) is 6.02. The molecule has 0 fully saturated rings. The van der Waals surface area contributed by atoms with Crippen molar-refractivity contribution in [3.05, 3.63) is 99.2 Å². The summed E-state index contributed by atoms with van der Waals surface area (Å²) in [6, 6.07) is 19.6. The molecular weight excluding hydrogens is 524 g/mol. The molecule has 1 aromatic heterocycles. The number of halogens is 1. The molecule has 2 unspecified atom stereocenters. The Morgan fingerprint density at radius 1 is 0.950 bits per heavy atom. The van der Waals surface area contributed by atoms with E-state index in [0.29, 0.717) is 28.8 Å². The van der Waals surface area contributed by atoms with E-state index in [9.17, 15) is 9.59 Å². The van der Waals surface area contributed by atoms with Gasteiger partial charge in [0, 0.05) is 28.7 Å². The zero-order chi connectivity index (χ0) is 29.1. The van der Waals surface area contributed by atoms with Crippen LogP contribution in [0.1, 0.15) is 78.0 Å². The molecule has 0 saturated heterocycles. The molecular formula is C33H37ClN2O4. The number of aromatic nitrogens is 1. The Labute approximate surface area is 241 Å². The van der Waals surface area contributed by atoms with Crippen LogP contribution in [0.4, 0.5) is 0 Å². The third-order valence-corrected chi connectivity index (χ3v) is 7.96. The highest BCUT2D eigenvalue weighted by Gasteiger charge is 2.20. The molecule has 0 bridgehead atoms. The number of nitrogens with zero attached hydrogens (tertiary/aromatic N) is 1. The first-order chi connectivity index (χ1) is 19.0. The Morgan fingerprint density at radius 2 is 1.65 bits per heavy atom. The van der Waals surface area contributed by atoms with Crippen molar-refractivity contribution in [2.75, 3.05) is 7.11 Å². The molecule has 0 saturated carbocycles. The lowest BCUT2D eigenvalue weighted by Gasteiger charge is -2.17. The lowest BCUT2D eigenvalue weighted by atomic mass is 9.98. The van der Waals surface area contributed by atoms with Gasteiger partial charge in [-0.05, 0) is 80.1 Å². The van der Waals surface area contributed by atoms with Gasteiger partial charge in [-0.2, -0.15) is 0 Å². The second-order valence-electron chi connectivity index (χ2n) is 10.6. The molecule has 0 radical (unpaired) electrons. The van der Waals surface area contributed by atoms with Gasteiger partial charge in [-0.1, -0.05) is 61.8 Å². The van der Waals surface area contributed by atoms with Crippen LogP contribution in [0.3, 0.4) is 0 Å². The number of ether oxygens (including phenoxy) is 2. The highest BCUT2D eigenvalue weighted by Crippen LogP contribution is 2.33. The van der Waals surface area contributed by atoms with Gasteiger partial charge in [0.25, 0.3) is 5.91 Å². The molecule has 1 N–H and O–H groups in total. The number of carbonyl (C=O) groups excluding carboxylic acids is 2. The van der Waals surface area contributed by atoms with Crippen molar-refractivity contribution in [1.82, 2.24) is 9.88 Å². The summed E-state index contributed by atoms with van der Waals surface area (Å²) in [5.41, 5.74) is 7.00. The fraction of sp³-hybridized carbons (Fsp3) is 0.333. The molecule has 4 aromatic rings. The highest BCUT2D eigenvalue weighted by molar-refractivity contribution is 6.32. The molecule has 1 amide bonds. The molecule has 0 aliphatic rings. The van der Waals surface area contributed by atoms with Crippen molar-refractivity contribution in [2.24, 2.45) is 0 Å². The Kier molecular flexibility index (Phi) is 8.89. The highest BCUT2D eigenvalue weighted by atomic mass is 35.5. The summed E-state index contributed by atoms with van der Waals surface area (Å²) in [6.07, 6.45) is -0.777. The molecule has 4 rings (SSSR count). The first kappa shape index (κ1) is 29.2. The van der Waals surface area contributed by atoms with Crippen molar-refractivity contribution in [2.45, 2.75) is 66.2 Å². The van der Waals surface area contributed by atoms with E-state index < -0.39 is 12.1 Å². The molecule has 40 heavy (non-hydrogen) atoms. The maximum absolute atomic E-state index is 13.2. The summed E-state index contributed by atoms with van der Waals surface area (Å²) >= 11 is 6.71. The predicted molar refractivity (Wildman–Crippen MR) is 160 cm³/mol. The minimum absolute atomic E-state index is 0.109. The number of benzene rings is 3. The van der Waals surface area contributed by atoms with Crippen molar-refractivity contribution >= 4 is 34.4 Å².